The van der Waals surface area contributed by atoms with Gasteiger partial charge in [-0.15, -0.1) is 0 Å². The lowest BCUT2D eigenvalue weighted by Crippen LogP contribution is -2.22. The van der Waals surface area contributed by atoms with E-state index in [0.717, 1.165) is 27.8 Å². The molecule has 0 fully saturated rings. The van der Waals surface area contributed by atoms with E-state index in [4.69, 9.17) is 19.9 Å². The maximum absolute atomic E-state index is 12.4. The minimum Gasteiger partial charge on any atom is -0.497 e. The highest BCUT2D eigenvalue weighted by molar-refractivity contribution is 9.10. The number of amides is 1. The lowest BCUT2D eigenvalue weighted by Gasteiger charge is -2.12. The number of nitrogens with one attached hydrogen (secondary N) is 1. The molecule has 0 saturated heterocycles. The third-order valence-electron chi connectivity index (χ3n) is 6.17. The summed E-state index contributed by atoms with van der Waals surface area (Å²) in [4.78, 5) is 29.1. The number of benzene rings is 3. The minimum atomic E-state index is -0.815. The van der Waals surface area contributed by atoms with Gasteiger partial charge in [-0.3, -0.25) is 4.79 Å². The number of primary amides is 1. The van der Waals surface area contributed by atoms with Crippen LogP contribution in [0.15, 0.2) is 74.3 Å². The molecule has 36 heavy (non-hydrogen) atoms. The number of nitrogens with two attached hydrogens (primary N) is 1. The van der Waals surface area contributed by atoms with Crippen molar-refractivity contribution in [3.63, 3.8) is 0 Å². The third kappa shape index (κ3) is 4.45. The van der Waals surface area contributed by atoms with E-state index >= 15 is 0 Å². The number of carbonyl (C=O) groups excluding carboxylic acids is 1. The summed E-state index contributed by atoms with van der Waals surface area (Å²) < 4.78 is 13.8. The van der Waals surface area contributed by atoms with Gasteiger partial charge in [-0.25, -0.2) is 9.78 Å². The molecule has 0 spiro atoms. The maximum atomic E-state index is 12.4. The number of carbonyl (C=O) groups is 1. The van der Waals surface area contributed by atoms with E-state index in [1.54, 1.807) is 20.1 Å². The first-order valence-electron chi connectivity index (χ1n) is 11.3. The number of halogens is 1. The Balaban J connectivity index is 1.63. The van der Waals surface area contributed by atoms with Crippen LogP contribution in [-0.2, 0) is 13.0 Å². The van der Waals surface area contributed by atoms with Gasteiger partial charge < -0.3 is 24.8 Å². The fourth-order valence-electron chi connectivity index (χ4n) is 4.27. The summed E-state index contributed by atoms with van der Waals surface area (Å²) in [6.45, 7) is 2.32. The van der Waals surface area contributed by atoms with Crippen LogP contribution in [0.4, 0.5) is 11.6 Å². The Bertz CT molecular complexity index is 1650. The zero-order valence-corrected chi connectivity index (χ0v) is 21.3. The molecule has 0 aliphatic carbocycles. The summed E-state index contributed by atoms with van der Waals surface area (Å²) >= 11 is 3.48. The molecule has 8 nitrogen and oxygen atoms in total. The average Bonchev–Trinajstić information content (AvgIpc) is 3.18. The van der Waals surface area contributed by atoms with Crippen molar-refractivity contribution >= 4 is 55.5 Å². The number of rotatable bonds is 7. The van der Waals surface area contributed by atoms with Gasteiger partial charge in [-0.05, 0) is 66.9 Å². The fraction of sp³-hybridized carbons (Fsp3) is 0.148. The average molecular weight is 547 g/mol. The molecule has 0 bridgehead atoms. The van der Waals surface area contributed by atoms with E-state index in [-0.39, 0.29) is 5.56 Å². The Morgan fingerprint density at radius 1 is 1.14 bits per heavy atom. The first-order valence-corrected chi connectivity index (χ1v) is 12.1. The second-order valence-corrected chi connectivity index (χ2v) is 9.32. The quantitative estimate of drug-likeness (QED) is 0.267. The molecule has 182 valence electrons. The molecule has 2 heterocycles. The largest absolute Gasteiger partial charge is 0.497 e. The van der Waals surface area contributed by atoms with Gasteiger partial charge in [0.15, 0.2) is 0 Å². The normalized spacial score (nSPS) is 11.2. The number of aromatic nitrogens is 2. The fourth-order valence-corrected chi connectivity index (χ4v) is 4.54. The molecule has 0 aliphatic heterocycles. The van der Waals surface area contributed by atoms with E-state index in [0.29, 0.717) is 34.5 Å². The SMILES string of the molecule is COc1ccc(Nc2nc3cc4c(C)c(C(N)=O)c(=O)oc4cc3n2CCc2ccc(Br)cc2)cc1. The number of hydrogen-bond acceptors (Lipinski definition) is 6. The Morgan fingerprint density at radius 3 is 2.53 bits per heavy atom. The van der Waals surface area contributed by atoms with Crippen molar-refractivity contribution in [1.82, 2.24) is 9.55 Å². The zero-order chi connectivity index (χ0) is 25.4. The van der Waals surface area contributed by atoms with Gasteiger partial charge in [0.2, 0.25) is 5.95 Å². The van der Waals surface area contributed by atoms with Crippen molar-refractivity contribution in [3.8, 4) is 5.75 Å². The van der Waals surface area contributed by atoms with Crippen LogP contribution in [0.3, 0.4) is 0 Å². The van der Waals surface area contributed by atoms with E-state index in [2.05, 4.69) is 37.9 Å². The second-order valence-electron chi connectivity index (χ2n) is 8.41. The molecular weight excluding hydrogens is 524 g/mol. The number of aryl methyl sites for hydroxylation is 3. The Labute approximate surface area is 214 Å². The molecule has 2 aromatic heterocycles. The van der Waals surface area contributed by atoms with E-state index in [1.807, 2.05) is 42.5 Å². The highest BCUT2D eigenvalue weighted by Gasteiger charge is 2.19. The van der Waals surface area contributed by atoms with Crippen molar-refractivity contribution in [1.29, 1.82) is 0 Å². The van der Waals surface area contributed by atoms with Gasteiger partial charge in [0.25, 0.3) is 5.91 Å². The molecule has 0 saturated carbocycles. The van der Waals surface area contributed by atoms with Crippen LogP contribution in [0, 0.1) is 6.92 Å². The van der Waals surface area contributed by atoms with Crippen LogP contribution in [-0.4, -0.2) is 22.6 Å². The van der Waals surface area contributed by atoms with Crippen LogP contribution in [0.25, 0.3) is 22.0 Å². The van der Waals surface area contributed by atoms with Crippen LogP contribution < -0.4 is 21.4 Å². The zero-order valence-electron chi connectivity index (χ0n) is 19.7. The summed E-state index contributed by atoms with van der Waals surface area (Å²) in [5.74, 6) is 0.578. The molecule has 9 heteroatoms. The summed E-state index contributed by atoms with van der Waals surface area (Å²) in [5, 5.41) is 4.01. The monoisotopic (exact) mass is 546 g/mol. The number of fused-ring (bicyclic) bond motifs is 2. The number of ether oxygens (including phenoxy) is 1. The van der Waals surface area contributed by atoms with E-state index in [1.165, 1.54) is 5.56 Å². The van der Waals surface area contributed by atoms with Crippen molar-refractivity contribution < 1.29 is 13.9 Å². The predicted octanol–water partition coefficient (Wildman–Crippen LogP) is 5.31. The lowest BCUT2D eigenvalue weighted by molar-refractivity contribution is 0.0996. The number of hydrogen-bond donors (Lipinski definition) is 2. The number of methoxy groups -OCH3 is 1. The number of imidazole rings is 1. The van der Waals surface area contributed by atoms with Gasteiger partial charge in [-0.2, -0.15) is 0 Å². The first-order chi connectivity index (χ1) is 17.3. The highest BCUT2D eigenvalue weighted by Crippen LogP contribution is 2.30. The molecule has 0 atom stereocenters. The van der Waals surface area contributed by atoms with Gasteiger partial charge in [-0.1, -0.05) is 28.1 Å². The maximum Gasteiger partial charge on any atom is 0.349 e. The molecule has 0 aliphatic rings. The van der Waals surface area contributed by atoms with E-state index in [9.17, 15) is 9.59 Å². The first kappa shape index (κ1) is 23.6. The van der Waals surface area contributed by atoms with Crippen LogP contribution >= 0.6 is 15.9 Å². The number of anilines is 2. The molecule has 1 amide bonds. The number of nitrogens with zero attached hydrogens (tertiary/aromatic N) is 2. The van der Waals surface area contributed by atoms with Gasteiger partial charge in [0.05, 0.1) is 18.1 Å². The summed E-state index contributed by atoms with van der Waals surface area (Å²) in [6, 6.07) is 19.3. The van der Waals surface area contributed by atoms with Crippen molar-refractivity contribution in [3.05, 3.63) is 92.2 Å². The molecular formula is C27H23BrN4O4. The van der Waals surface area contributed by atoms with Crippen molar-refractivity contribution in [2.75, 3.05) is 12.4 Å². The second kappa shape index (κ2) is 9.50. The molecule has 5 rings (SSSR count). The van der Waals surface area contributed by atoms with Crippen LogP contribution in [0.1, 0.15) is 21.5 Å². The standard InChI is InChI=1S/C27H23BrN4O4/c1-15-20-13-21-22(14-23(20)36-26(34)24(15)25(29)33)32(12-11-16-3-5-17(28)6-4-16)27(31-21)30-18-7-9-19(35-2)10-8-18/h3-10,13-14H,11-12H2,1-2H3,(H2,29,33)(H,30,31). The summed E-state index contributed by atoms with van der Waals surface area (Å²) in [5.41, 5.74) is 8.88. The molecule has 0 radical (unpaired) electrons. The summed E-state index contributed by atoms with van der Waals surface area (Å²) in [6.07, 6.45) is 0.762. The van der Waals surface area contributed by atoms with Crippen molar-refractivity contribution in [2.45, 2.75) is 19.9 Å². The van der Waals surface area contributed by atoms with Crippen LogP contribution in [0.5, 0.6) is 5.75 Å². The predicted molar refractivity (Wildman–Crippen MR) is 143 cm³/mol. The topological polar surface area (TPSA) is 112 Å². The Kier molecular flexibility index (Phi) is 6.24. The third-order valence-corrected chi connectivity index (χ3v) is 6.69. The van der Waals surface area contributed by atoms with E-state index < -0.39 is 11.5 Å². The van der Waals surface area contributed by atoms with Gasteiger partial charge >= 0.3 is 5.63 Å². The summed E-state index contributed by atoms with van der Waals surface area (Å²) in [7, 11) is 1.62. The smallest absolute Gasteiger partial charge is 0.349 e. The molecule has 3 N–H and O–H groups in total. The van der Waals surface area contributed by atoms with Gasteiger partial charge in [0.1, 0.15) is 16.9 Å². The van der Waals surface area contributed by atoms with Gasteiger partial charge in [0, 0.05) is 28.2 Å². The molecule has 5 aromatic rings. The van der Waals surface area contributed by atoms with Crippen LogP contribution in [0.2, 0.25) is 0 Å². The Hall–Kier alpha value is -4.11. The highest BCUT2D eigenvalue weighted by atomic mass is 79.9. The minimum absolute atomic E-state index is 0.145. The molecule has 0 unspecified atom stereocenters. The Morgan fingerprint density at radius 2 is 1.86 bits per heavy atom. The molecule has 3 aromatic carbocycles. The lowest BCUT2D eigenvalue weighted by atomic mass is 10.1. The van der Waals surface area contributed by atoms with Crippen molar-refractivity contribution in [2.24, 2.45) is 5.73 Å².